The molecule has 0 atom stereocenters. The first-order valence-corrected chi connectivity index (χ1v) is 9.22. The molecule has 0 saturated heterocycles. The van der Waals surface area contributed by atoms with Gasteiger partial charge in [-0.15, -0.1) is 0 Å². The standard InChI is InChI=1S/C18H10Cl4N2O4/c19-9-5-11(23-17(9)21)14(26)4-1-7-13(25)3-2-8(15(7)27)16(28)12-6-10(20)18(22)24-12/h1-3,5-6,23-24,27H,4H2/b7-1+. The Morgan fingerprint density at radius 3 is 2.07 bits per heavy atom. The maximum Gasteiger partial charge on any atom is 0.213 e. The van der Waals surface area contributed by atoms with E-state index in [1.807, 2.05) is 0 Å². The molecule has 10 heteroatoms. The lowest BCUT2D eigenvalue weighted by atomic mass is 9.93. The molecule has 0 fully saturated rings. The molecule has 2 aromatic heterocycles. The maximum absolute atomic E-state index is 12.6. The van der Waals surface area contributed by atoms with E-state index >= 15 is 0 Å². The van der Waals surface area contributed by atoms with E-state index < -0.39 is 23.1 Å². The number of H-pyrrole nitrogens is 2. The van der Waals surface area contributed by atoms with Gasteiger partial charge in [0, 0.05) is 6.42 Å². The summed E-state index contributed by atoms with van der Waals surface area (Å²) >= 11 is 23.2. The molecule has 0 bridgehead atoms. The lowest BCUT2D eigenvalue weighted by molar-refractivity contribution is -0.111. The molecular weight excluding hydrogens is 450 g/mol. The van der Waals surface area contributed by atoms with Gasteiger partial charge in [-0.05, 0) is 24.3 Å². The van der Waals surface area contributed by atoms with Gasteiger partial charge in [0.1, 0.15) is 16.1 Å². The molecule has 28 heavy (non-hydrogen) atoms. The average Bonchev–Trinajstić information content (AvgIpc) is 3.16. The minimum atomic E-state index is -0.616. The van der Waals surface area contributed by atoms with E-state index in [0.717, 1.165) is 6.08 Å². The Labute approximate surface area is 178 Å². The predicted molar refractivity (Wildman–Crippen MR) is 107 cm³/mol. The van der Waals surface area contributed by atoms with Gasteiger partial charge in [-0.1, -0.05) is 52.5 Å². The SMILES string of the molecule is O=C1C=CC(C(=O)c2cc(Cl)c(Cl)[nH]2)=C(O)/C1=C/CC(=O)c1cc(Cl)c(Cl)[nH]1. The molecule has 0 aliphatic heterocycles. The van der Waals surface area contributed by atoms with Crippen LogP contribution in [0.3, 0.4) is 0 Å². The Balaban J connectivity index is 1.88. The monoisotopic (exact) mass is 458 g/mol. The van der Waals surface area contributed by atoms with Crippen molar-refractivity contribution in [2.75, 3.05) is 0 Å². The highest BCUT2D eigenvalue weighted by Gasteiger charge is 2.26. The van der Waals surface area contributed by atoms with E-state index in [1.54, 1.807) is 0 Å². The molecule has 0 aromatic carbocycles. The van der Waals surface area contributed by atoms with Crippen molar-refractivity contribution in [3.05, 3.63) is 79.0 Å². The van der Waals surface area contributed by atoms with Crippen molar-refractivity contribution in [3.63, 3.8) is 0 Å². The van der Waals surface area contributed by atoms with Gasteiger partial charge >= 0.3 is 0 Å². The first-order chi connectivity index (χ1) is 13.2. The second kappa shape index (κ2) is 8.01. The Hall–Kier alpha value is -2.25. The summed E-state index contributed by atoms with van der Waals surface area (Å²) in [6.07, 6.45) is 3.31. The zero-order valence-corrected chi connectivity index (χ0v) is 16.8. The fraction of sp³-hybridized carbons (Fsp3) is 0.0556. The Morgan fingerprint density at radius 2 is 1.54 bits per heavy atom. The van der Waals surface area contributed by atoms with E-state index in [2.05, 4.69) is 9.97 Å². The zero-order chi connectivity index (χ0) is 20.6. The summed E-state index contributed by atoms with van der Waals surface area (Å²) in [4.78, 5) is 42.1. The number of allylic oxidation sites excluding steroid dienone is 5. The van der Waals surface area contributed by atoms with E-state index in [1.165, 1.54) is 24.3 Å². The number of rotatable bonds is 5. The summed E-state index contributed by atoms with van der Waals surface area (Å²) in [5.74, 6) is -2.12. The number of ketones is 3. The number of nitrogens with one attached hydrogen (secondary N) is 2. The molecule has 3 rings (SSSR count). The van der Waals surface area contributed by atoms with Gasteiger partial charge in [0.05, 0.1) is 32.6 Å². The van der Waals surface area contributed by atoms with E-state index in [-0.39, 0.29) is 49.3 Å². The van der Waals surface area contributed by atoms with Gasteiger partial charge in [0.15, 0.2) is 11.6 Å². The molecule has 0 spiro atoms. The number of hydrogen-bond acceptors (Lipinski definition) is 4. The normalized spacial score (nSPS) is 15.6. The van der Waals surface area contributed by atoms with Crippen LogP contribution in [-0.4, -0.2) is 32.4 Å². The van der Waals surface area contributed by atoms with Gasteiger partial charge in [-0.25, -0.2) is 0 Å². The summed E-state index contributed by atoms with van der Waals surface area (Å²) in [5, 5.41) is 10.9. The fourth-order valence-corrected chi connectivity index (χ4v) is 3.13. The van der Waals surface area contributed by atoms with Gasteiger partial charge in [0.2, 0.25) is 5.78 Å². The first-order valence-electron chi connectivity index (χ1n) is 7.71. The van der Waals surface area contributed by atoms with Crippen LogP contribution in [0.4, 0.5) is 0 Å². The van der Waals surface area contributed by atoms with Crippen LogP contribution in [0.15, 0.2) is 47.3 Å². The summed E-state index contributed by atoms with van der Waals surface area (Å²) in [5.41, 5.74) is -0.117. The van der Waals surface area contributed by atoms with E-state index in [4.69, 9.17) is 46.4 Å². The van der Waals surface area contributed by atoms with E-state index in [9.17, 15) is 19.5 Å². The van der Waals surface area contributed by atoms with Crippen molar-refractivity contribution < 1.29 is 19.5 Å². The molecule has 1 aliphatic rings. The molecule has 0 saturated carbocycles. The summed E-state index contributed by atoms with van der Waals surface area (Å²) in [7, 11) is 0. The number of carbonyl (C=O) groups excluding carboxylic acids is 3. The Morgan fingerprint density at radius 1 is 0.964 bits per heavy atom. The molecule has 3 N–H and O–H groups in total. The van der Waals surface area contributed by atoms with Crippen LogP contribution in [0.1, 0.15) is 27.4 Å². The summed E-state index contributed by atoms with van der Waals surface area (Å²) in [6.45, 7) is 0. The fourth-order valence-electron chi connectivity index (χ4n) is 2.50. The second-order valence-electron chi connectivity index (χ2n) is 5.72. The average molecular weight is 460 g/mol. The molecular formula is C18H10Cl4N2O4. The van der Waals surface area contributed by atoms with Crippen molar-refractivity contribution in [2.45, 2.75) is 6.42 Å². The molecule has 2 aromatic rings. The second-order valence-corrected chi connectivity index (χ2v) is 7.29. The van der Waals surface area contributed by atoms with Gasteiger partial charge in [0.25, 0.3) is 0 Å². The lowest BCUT2D eigenvalue weighted by Crippen LogP contribution is -2.15. The van der Waals surface area contributed by atoms with Gasteiger partial charge in [-0.3, -0.25) is 14.4 Å². The number of carbonyl (C=O) groups is 3. The summed E-state index contributed by atoms with van der Waals surface area (Å²) < 4.78 is 0. The van der Waals surface area contributed by atoms with Crippen molar-refractivity contribution in [3.8, 4) is 0 Å². The first kappa shape index (κ1) is 20.5. The molecule has 0 radical (unpaired) electrons. The van der Waals surface area contributed by atoms with Gasteiger partial charge in [-0.2, -0.15) is 0 Å². The van der Waals surface area contributed by atoms with Crippen molar-refractivity contribution in [1.29, 1.82) is 0 Å². The van der Waals surface area contributed by atoms with Crippen LogP contribution in [0, 0.1) is 0 Å². The van der Waals surface area contributed by atoms with E-state index in [0.29, 0.717) is 0 Å². The Kier molecular flexibility index (Phi) is 5.86. The highest BCUT2D eigenvalue weighted by Crippen LogP contribution is 2.28. The lowest BCUT2D eigenvalue weighted by Gasteiger charge is -2.12. The molecule has 144 valence electrons. The van der Waals surface area contributed by atoms with Crippen LogP contribution >= 0.6 is 46.4 Å². The zero-order valence-electron chi connectivity index (χ0n) is 13.8. The quantitative estimate of drug-likeness (QED) is 0.417. The topological polar surface area (TPSA) is 103 Å². The highest BCUT2D eigenvalue weighted by molar-refractivity contribution is 6.42. The largest absolute Gasteiger partial charge is 0.506 e. The van der Waals surface area contributed by atoms with Crippen LogP contribution < -0.4 is 0 Å². The van der Waals surface area contributed by atoms with Crippen LogP contribution in [0.2, 0.25) is 20.4 Å². The maximum atomic E-state index is 12.6. The molecule has 6 nitrogen and oxygen atoms in total. The predicted octanol–water partition coefficient (Wildman–Crippen LogP) is 5.29. The number of halogens is 4. The third-order valence-electron chi connectivity index (χ3n) is 3.91. The number of hydrogen-bond donors (Lipinski definition) is 3. The number of Topliss-reactive ketones (excluding diaryl/α,β-unsaturated/α-hetero) is 2. The van der Waals surface area contributed by atoms with Crippen LogP contribution in [0.5, 0.6) is 0 Å². The third kappa shape index (κ3) is 3.95. The third-order valence-corrected chi connectivity index (χ3v) is 5.29. The number of aliphatic hydroxyl groups excluding tert-OH is 1. The van der Waals surface area contributed by atoms with Crippen molar-refractivity contribution >= 4 is 63.8 Å². The number of aliphatic hydroxyl groups is 1. The summed E-state index contributed by atoms with van der Waals surface area (Å²) in [6, 6.07) is 2.67. The van der Waals surface area contributed by atoms with Crippen LogP contribution in [0.25, 0.3) is 0 Å². The minimum absolute atomic E-state index is 0.0432. The van der Waals surface area contributed by atoms with Crippen molar-refractivity contribution in [2.24, 2.45) is 0 Å². The van der Waals surface area contributed by atoms with Gasteiger partial charge < -0.3 is 15.1 Å². The molecule has 1 aliphatic carbocycles. The number of aromatic nitrogens is 2. The highest BCUT2D eigenvalue weighted by atomic mass is 35.5. The molecule has 0 unspecified atom stereocenters. The van der Waals surface area contributed by atoms with Crippen LogP contribution in [-0.2, 0) is 4.79 Å². The molecule has 2 heterocycles. The minimum Gasteiger partial charge on any atom is -0.506 e. The molecule has 0 amide bonds. The number of aromatic amines is 2. The Bertz CT molecular complexity index is 1070. The smallest absolute Gasteiger partial charge is 0.213 e. The van der Waals surface area contributed by atoms with Crippen molar-refractivity contribution in [1.82, 2.24) is 9.97 Å².